The molecule has 0 unspecified atom stereocenters. The van der Waals surface area contributed by atoms with Crippen molar-refractivity contribution >= 4 is 11.5 Å². The number of Topliss-reactive ketones (excluding diaryl/α,β-unsaturated/α-hetero) is 1. The fourth-order valence-electron chi connectivity index (χ4n) is 1.51. The molecule has 17 heavy (non-hydrogen) atoms. The smallest absolute Gasteiger partial charge is 0.387 e. The van der Waals surface area contributed by atoms with E-state index >= 15 is 0 Å². The maximum absolute atomic E-state index is 12.0. The first-order valence-electron chi connectivity index (χ1n) is 4.57. The van der Waals surface area contributed by atoms with Gasteiger partial charge in [0.2, 0.25) is 0 Å². The Morgan fingerprint density at radius 2 is 2.06 bits per heavy atom. The first kappa shape index (κ1) is 13.0. The van der Waals surface area contributed by atoms with Gasteiger partial charge in [0.15, 0.2) is 5.78 Å². The number of nitrogens with zero attached hydrogens (tertiary/aromatic N) is 1. The normalized spacial score (nSPS) is 10.4. The van der Waals surface area contributed by atoms with Crippen molar-refractivity contribution in [3.63, 3.8) is 0 Å². The van der Waals surface area contributed by atoms with E-state index in [0.29, 0.717) is 0 Å². The second kappa shape index (κ2) is 4.86. The number of carbonyl (C=O) groups is 1. The third-order valence-corrected chi connectivity index (χ3v) is 2.06. The Labute approximate surface area is 95.2 Å². The van der Waals surface area contributed by atoms with E-state index in [1.807, 2.05) is 0 Å². The zero-order chi connectivity index (χ0) is 13.2. The predicted octanol–water partition coefficient (Wildman–Crippen LogP) is 2.71. The van der Waals surface area contributed by atoms with Crippen molar-refractivity contribution in [1.82, 2.24) is 0 Å². The summed E-state index contributed by atoms with van der Waals surface area (Å²) >= 11 is 0. The molecule has 0 aliphatic carbocycles. The monoisotopic (exact) mass is 245 g/mol. The number of hydrogen-bond donors (Lipinski definition) is 0. The molecule has 0 heterocycles. The van der Waals surface area contributed by atoms with E-state index in [1.54, 1.807) is 0 Å². The van der Waals surface area contributed by atoms with Crippen LogP contribution < -0.4 is 4.74 Å². The molecule has 0 saturated heterocycles. The average Bonchev–Trinajstić information content (AvgIpc) is 2.14. The van der Waals surface area contributed by atoms with Crippen molar-refractivity contribution in [3.05, 3.63) is 33.4 Å². The van der Waals surface area contributed by atoms with Crippen LogP contribution in [0.4, 0.5) is 14.5 Å². The fraction of sp³-hybridized carbons (Fsp3) is 0.300. The molecule has 0 atom stereocenters. The largest absolute Gasteiger partial charge is 0.435 e. The summed E-state index contributed by atoms with van der Waals surface area (Å²) in [7, 11) is 0. The van der Waals surface area contributed by atoms with Gasteiger partial charge in [0, 0.05) is 0 Å². The number of nitro benzene ring substituents is 1. The number of rotatable bonds is 4. The highest BCUT2D eigenvalue weighted by atomic mass is 19.3. The molecule has 5 nitrogen and oxygen atoms in total. The SMILES string of the molecule is CC(=O)c1c(C)cc(OC(F)F)cc1[N+](=O)[O-]. The summed E-state index contributed by atoms with van der Waals surface area (Å²) in [6.07, 6.45) is 0. The Morgan fingerprint density at radius 3 is 2.47 bits per heavy atom. The number of aryl methyl sites for hydroxylation is 1. The standard InChI is InChI=1S/C10H9F2NO4/c1-5-3-7(17-10(11)12)4-8(13(15)16)9(5)6(2)14/h3-4,10H,1-2H3. The Bertz CT molecular complexity index is 474. The molecule has 0 aliphatic heterocycles. The van der Waals surface area contributed by atoms with Crippen LogP contribution >= 0.6 is 0 Å². The van der Waals surface area contributed by atoms with Crippen LogP contribution in [-0.2, 0) is 0 Å². The van der Waals surface area contributed by atoms with E-state index < -0.39 is 23.0 Å². The van der Waals surface area contributed by atoms with Crippen LogP contribution in [0.25, 0.3) is 0 Å². The molecule has 0 bridgehead atoms. The maximum atomic E-state index is 12.0. The topological polar surface area (TPSA) is 69.4 Å². The molecular weight excluding hydrogens is 236 g/mol. The first-order valence-corrected chi connectivity index (χ1v) is 4.57. The zero-order valence-corrected chi connectivity index (χ0v) is 9.07. The van der Waals surface area contributed by atoms with Gasteiger partial charge in [-0.25, -0.2) is 0 Å². The number of carbonyl (C=O) groups excluding carboxylic acids is 1. The molecule has 0 radical (unpaired) electrons. The second-order valence-electron chi connectivity index (χ2n) is 3.33. The van der Waals surface area contributed by atoms with Crippen molar-refractivity contribution in [2.45, 2.75) is 20.5 Å². The third-order valence-electron chi connectivity index (χ3n) is 2.06. The van der Waals surface area contributed by atoms with Crippen LogP contribution in [0.5, 0.6) is 5.75 Å². The van der Waals surface area contributed by atoms with Gasteiger partial charge in [0.1, 0.15) is 5.75 Å². The Kier molecular flexibility index (Phi) is 3.72. The van der Waals surface area contributed by atoms with Gasteiger partial charge in [0.25, 0.3) is 5.69 Å². The molecule has 0 aliphatic rings. The molecule has 0 amide bonds. The van der Waals surface area contributed by atoms with Gasteiger partial charge in [-0.2, -0.15) is 8.78 Å². The van der Waals surface area contributed by atoms with Gasteiger partial charge < -0.3 is 4.74 Å². The van der Waals surface area contributed by atoms with Gasteiger partial charge >= 0.3 is 6.61 Å². The Balaban J connectivity index is 3.36. The minimum absolute atomic E-state index is 0.100. The number of ketones is 1. The summed E-state index contributed by atoms with van der Waals surface area (Å²) in [5, 5.41) is 10.7. The quantitative estimate of drug-likeness (QED) is 0.464. The second-order valence-corrected chi connectivity index (χ2v) is 3.33. The zero-order valence-electron chi connectivity index (χ0n) is 9.07. The molecule has 0 N–H and O–H groups in total. The lowest BCUT2D eigenvalue weighted by molar-refractivity contribution is -0.385. The minimum atomic E-state index is -3.07. The van der Waals surface area contributed by atoms with Crippen molar-refractivity contribution in [1.29, 1.82) is 0 Å². The van der Waals surface area contributed by atoms with Gasteiger partial charge in [-0.1, -0.05) is 0 Å². The maximum Gasteiger partial charge on any atom is 0.387 e. The molecule has 0 fully saturated rings. The summed E-state index contributed by atoms with van der Waals surface area (Å²) in [5.74, 6) is -0.841. The van der Waals surface area contributed by atoms with Crippen molar-refractivity contribution in [2.75, 3.05) is 0 Å². The van der Waals surface area contributed by atoms with Crippen LogP contribution in [0.3, 0.4) is 0 Å². The van der Waals surface area contributed by atoms with Gasteiger partial charge in [-0.15, -0.1) is 0 Å². The molecule has 0 spiro atoms. The molecule has 1 aromatic carbocycles. The lowest BCUT2D eigenvalue weighted by Gasteiger charge is -2.08. The van der Waals surface area contributed by atoms with E-state index in [9.17, 15) is 23.7 Å². The van der Waals surface area contributed by atoms with Crippen molar-refractivity contribution < 1.29 is 23.2 Å². The van der Waals surface area contributed by atoms with Crippen LogP contribution in [0, 0.1) is 17.0 Å². The number of hydrogen-bond acceptors (Lipinski definition) is 4. The number of benzene rings is 1. The van der Waals surface area contributed by atoms with Crippen molar-refractivity contribution in [2.24, 2.45) is 0 Å². The number of ether oxygens (including phenoxy) is 1. The predicted molar refractivity (Wildman–Crippen MR) is 54.5 cm³/mol. The first-order chi connectivity index (χ1) is 7.82. The average molecular weight is 245 g/mol. The molecular formula is C10H9F2NO4. The highest BCUT2D eigenvalue weighted by molar-refractivity contribution is 5.99. The van der Waals surface area contributed by atoms with E-state index in [2.05, 4.69) is 4.74 Å². The Hall–Kier alpha value is -2.05. The lowest BCUT2D eigenvalue weighted by atomic mass is 10.0. The van der Waals surface area contributed by atoms with Crippen LogP contribution in [0.1, 0.15) is 22.8 Å². The van der Waals surface area contributed by atoms with E-state index in [0.717, 1.165) is 12.1 Å². The molecule has 92 valence electrons. The van der Waals surface area contributed by atoms with E-state index in [1.165, 1.54) is 13.8 Å². The Morgan fingerprint density at radius 1 is 1.47 bits per heavy atom. The number of nitro groups is 1. The van der Waals surface area contributed by atoms with E-state index in [4.69, 9.17) is 0 Å². The summed E-state index contributed by atoms with van der Waals surface area (Å²) in [5.41, 5.74) is -0.410. The highest BCUT2D eigenvalue weighted by Gasteiger charge is 2.22. The third kappa shape index (κ3) is 2.96. The number of halogens is 2. The van der Waals surface area contributed by atoms with Crippen molar-refractivity contribution in [3.8, 4) is 5.75 Å². The van der Waals surface area contributed by atoms with E-state index in [-0.39, 0.29) is 16.9 Å². The summed E-state index contributed by atoms with van der Waals surface area (Å²) < 4.78 is 28.0. The molecule has 1 aromatic rings. The van der Waals surface area contributed by atoms with Gasteiger partial charge in [0.05, 0.1) is 16.6 Å². The number of alkyl halides is 2. The lowest BCUT2D eigenvalue weighted by Crippen LogP contribution is -2.07. The van der Waals surface area contributed by atoms with Crippen LogP contribution in [0.15, 0.2) is 12.1 Å². The van der Waals surface area contributed by atoms with Crippen LogP contribution in [-0.4, -0.2) is 17.3 Å². The highest BCUT2D eigenvalue weighted by Crippen LogP contribution is 2.29. The summed E-state index contributed by atoms with van der Waals surface area (Å²) in [6.45, 7) is -0.484. The molecule has 0 aromatic heterocycles. The van der Waals surface area contributed by atoms with Gasteiger partial charge in [-0.3, -0.25) is 14.9 Å². The summed E-state index contributed by atoms with van der Waals surface area (Å²) in [6, 6.07) is 1.98. The minimum Gasteiger partial charge on any atom is -0.435 e. The molecule has 1 rings (SSSR count). The molecule has 7 heteroatoms. The van der Waals surface area contributed by atoms with Crippen LogP contribution in [0.2, 0.25) is 0 Å². The van der Waals surface area contributed by atoms with Gasteiger partial charge in [-0.05, 0) is 25.5 Å². The molecule has 0 saturated carbocycles. The fourth-order valence-corrected chi connectivity index (χ4v) is 1.51. The summed E-state index contributed by atoms with van der Waals surface area (Å²) in [4.78, 5) is 21.2.